The number of aromatic nitrogens is 2. The van der Waals surface area contributed by atoms with Crippen molar-refractivity contribution in [1.29, 1.82) is 5.26 Å². The summed E-state index contributed by atoms with van der Waals surface area (Å²) in [6.07, 6.45) is 16.9. The van der Waals surface area contributed by atoms with Gasteiger partial charge in [0.15, 0.2) is 5.78 Å². The molecule has 0 aliphatic heterocycles. The van der Waals surface area contributed by atoms with Crippen LogP contribution in [0.25, 0.3) is 0 Å². The van der Waals surface area contributed by atoms with Crippen LogP contribution < -0.4 is 0 Å². The van der Waals surface area contributed by atoms with E-state index in [4.69, 9.17) is 0 Å². The van der Waals surface area contributed by atoms with Crippen molar-refractivity contribution in [1.82, 2.24) is 9.78 Å². The molecule has 1 aromatic heterocycles. The highest BCUT2D eigenvalue weighted by molar-refractivity contribution is 5.83. The number of carbonyl (C=O) groups is 1. The lowest BCUT2D eigenvalue weighted by Crippen LogP contribution is -2.51. The molecule has 0 spiro atoms. The van der Waals surface area contributed by atoms with E-state index in [1.54, 1.807) is 0 Å². The maximum atomic E-state index is 13.8. The molecule has 0 unspecified atom stereocenters. The molecule has 6 aliphatic carbocycles. The Bertz CT molecular complexity index is 1020. The van der Waals surface area contributed by atoms with Crippen LogP contribution in [0.3, 0.4) is 0 Å². The third kappa shape index (κ3) is 2.93. The zero-order valence-corrected chi connectivity index (χ0v) is 20.4. The Kier molecular flexibility index (Phi) is 4.37. The van der Waals surface area contributed by atoms with Crippen molar-refractivity contribution in [3.05, 3.63) is 18.0 Å². The Labute approximate surface area is 198 Å². The standard InChI is InChI=1S/C29H39N3O/c1-17-3-5-20-18(11-17)4-6-22-21(20)7-8-28(2)26(22)23-12-24(23)27(28)25(33)15-32-14-19(13-31-32)29(16-30)9-10-29/h13-14,17-18,20-24,26-27H,3-12,15H2,1-2H3/t17-,18+,20-,21+,22+,23+,24-,26+,27+,28-/m0/s1. The fourth-order valence-corrected chi connectivity index (χ4v) is 10.2. The second-order valence-electron chi connectivity index (χ2n) is 13.4. The van der Waals surface area contributed by atoms with Gasteiger partial charge in [-0.3, -0.25) is 9.48 Å². The van der Waals surface area contributed by atoms with Crippen molar-refractivity contribution in [3.8, 4) is 6.07 Å². The van der Waals surface area contributed by atoms with Crippen LogP contribution in [-0.4, -0.2) is 15.6 Å². The summed E-state index contributed by atoms with van der Waals surface area (Å²) >= 11 is 0. The van der Waals surface area contributed by atoms with Crippen LogP contribution in [0.5, 0.6) is 0 Å². The van der Waals surface area contributed by atoms with Crippen molar-refractivity contribution in [3.63, 3.8) is 0 Å². The highest BCUT2D eigenvalue weighted by Crippen LogP contribution is 2.74. The van der Waals surface area contributed by atoms with Gasteiger partial charge in [-0.05, 0) is 111 Å². The lowest BCUT2D eigenvalue weighted by Gasteiger charge is -2.57. The fraction of sp³-hybridized carbons (Fsp3) is 0.828. The lowest BCUT2D eigenvalue weighted by molar-refractivity contribution is -0.134. The van der Waals surface area contributed by atoms with Crippen molar-refractivity contribution in [2.75, 3.05) is 0 Å². The summed E-state index contributed by atoms with van der Waals surface area (Å²) in [5.41, 5.74) is 0.902. The molecule has 1 heterocycles. The number of nitrogens with zero attached hydrogens (tertiary/aromatic N) is 3. The topological polar surface area (TPSA) is 58.7 Å². The Hall–Kier alpha value is -1.63. The summed E-state index contributed by atoms with van der Waals surface area (Å²) in [5.74, 6) is 7.63. The van der Waals surface area contributed by atoms with E-state index in [1.807, 2.05) is 17.1 Å². The van der Waals surface area contributed by atoms with Crippen LogP contribution in [0.1, 0.15) is 83.6 Å². The number of carbonyl (C=O) groups excluding carboxylic acids is 1. The molecule has 6 saturated carbocycles. The maximum Gasteiger partial charge on any atom is 0.158 e. The third-order valence-electron chi connectivity index (χ3n) is 11.8. The maximum absolute atomic E-state index is 13.8. The van der Waals surface area contributed by atoms with Crippen LogP contribution in [-0.2, 0) is 16.8 Å². The van der Waals surface area contributed by atoms with Gasteiger partial charge in [0.05, 0.1) is 24.2 Å². The van der Waals surface area contributed by atoms with Crippen LogP contribution >= 0.6 is 0 Å². The van der Waals surface area contributed by atoms with Gasteiger partial charge >= 0.3 is 0 Å². The highest BCUT2D eigenvalue weighted by atomic mass is 16.1. The van der Waals surface area contributed by atoms with Crippen molar-refractivity contribution in [2.45, 2.75) is 90.0 Å². The van der Waals surface area contributed by atoms with Gasteiger partial charge in [-0.15, -0.1) is 0 Å². The number of nitriles is 1. The predicted octanol–water partition coefficient (Wildman–Crippen LogP) is 5.77. The summed E-state index contributed by atoms with van der Waals surface area (Å²) in [6.45, 7) is 5.37. The molecule has 0 N–H and O–H groups in total. The minimum absolute atomic E-state index is 0.209. The number of rotatable bonds is 4. The first kappa shape index (κ1) is 20.7. The van der Waals surface area contributed by atoms with Crippen molar-refractivity contribution >= 4 is 5.78 Å². The van der Waals surface area contributed by atoms with Crippen molar-refractivity contribution < 1.29 is 4.79 Å². The first-order valence-electron chi connectivity index (χ1n) is 13.9. The van der Waals surface area contributed by atoms with Crippen LogP contribution in [0.2, 0.25) is 0 Å². The molecule has 0 amide bonds. The molecule has 6 aliphatic rings. The minimum Gasteiger partial charge on any atom is -0.297 e. The normalized spacial score (nSPS) is 48.6. The third-order valence-corrected chi connectivity index (χ3v) is 11.8. The van der Waals surface area contributed by atoms with Crippen molar-refractivity contribution in [2.24, 2.45) is 58.7 Å². The summed E-state index contributed by atoms with van der Waals surface area (Å²) in [7, 11) is 0. The second-order valence-corrected chi connectivity index (χ2v) is 13.4. The first-order chi connectivity index (χ1) is 15.9. The van der Waals surface area contributed by atoms with E-state index >= 15 is 0 Å². The smallest absolute Gasteiger partial charge is 0.158 e. The quantitative estimate of drug-likeness (QED) is 0.591. The van der Waals surface area contributed by atoms with Gasteiger partial charge in [-0.2, -0.15) is 10.4 Å². The molecule has 0 aromatic carbocycles. The van der Waals surface area contributed by atoms with Gasteiger partial charge in [-0.1, -0.05) is 20.3 Å². The van der Waals surface area contributed by atoms with Crippen LogP contribution in [0, 0.1) is 70.0 Å². The van der Waals surface area contributed by atoms with E-state index in [0.717, 1.165) is 59.8 Å². The molecular weight excluding hydrogens is 406 g/mol. The molecule has 1 aromatic rings. The van der Waals surface area contributed by atoms with E-state index in [9.17, 15) is 10.1 Å². The Morgan fingerprint density at radius 1 is 1.06 bits per heavy atom. The number of fused-ring (bicyclic) bond motifs is 7. The molecule has 4 heteroatoms. The molecule has 7 rings (SSSR count). The number of ketones is 1. The van der Waals surface area contributed by atoms with Crippen LogP contribution in [0.15, 0.2) is 12.4 Å². The molecule has 4 nitrogen and oxygen atoms in total. The summed E-state index contributed by atoms with van der Waals surface area (Å²) < 4.78 is 1.84. The van der Waals surface area contributed by atoms with E-state index in [0.29, 0.717) is 18.2 Å². The van der Waals surface area contributed by atoms with E-state index in [-0.39, 0.29) is 16.7 Å². The van der Waals surface area contributed by atoms with Gasteiger partial charge < -0.3 is 0 Å². The summed E-state index contributed by atoms with van der Waals surface area (Å²) in [6, 6.07) is 2.46. The SMILES string of the molecule is C[C@H]1CC[C@H]2[C@H](CC[C@@H]3[C@@H]2CC[C@@]2(C)[C@H]3[C@@H]3C[C@@H]3[C@@H]2C(=O)Cn2cc(C3(C#N)CC3)cn2)C1. The molecule has 0 radical (unpaired) electrons. The Morgan fingerprint density at radius 3 is 2.67 bits per heavy atom. The number of hydrogen-bond donors (Lipinski definition) is 0. The van der Waals surface area contributed by atoms with Gasteiger partial charge in [0.2, 0.25) is 0 Å². The monoisotopic (exact) mass is 445 g/mol. The zero-order chi connectivity index (χ0) is 22.5. The number of Topliss-reactive ketones (excluding diaryl/α,β-unsaturated/α-hetero) is 1. The van der Waals surface area contributed by atoms with Gasteiger partial charge in [-0.25, -0.2) is 0 Å². The molecule has 33 heavy (non-hydrogen) atoms. The molecule has 0 bridgehead atoms. The molecule has 176 valence electrons. The largest absolute Gasteiger partial charge is 0.297 e. The lowest BCUT2D eigenvalue weighted by atomic mass is 9.48. The number of hydrogen-bond acceptors (Lipinski definition) is 3. The minimum atomic E-state index is -0.318. The molecular formula is C29H39N3O. The van der Waals surface area contributed by atoms with E-state index in [2.05, 4.69) is 25.0 Å². The average Bonchev–Trinajstić information content (AvgIpc) is 3.69. The summed E-state index contributed by atoms with van der Waals surface area (Å²) in [4.78, 5) is 13.8. The molecule has 10 atom stereocenters. The Balaban J connectivity index is 1.10. The average molecular weight is 446 g/mol. The Morgan fingerprint density at radius 2 is 1.88 bits per heavy atom. The zero-order valence-electron chi connectivity index (χ0n) is 20.4. The van der Waals surface area contributed by atoms with Gasteiger partial charge in [0.25, 0.3) is 0 Å². The summed E-state index contributed by atoms with van der Waals surface area (Å²) in [5, 5.41) is 14.0. The highest BCUT2D eigenvalue weighted by Gasteiger charge is 2.70. The molecule has 6 fully saturated rings. The molecule has 0 saturated heterocycles. The van der Waals surface area contributed by atoms with Gasteiger partial charge in [0, 0.05) is 17.7 Å². The fourth-order valence-electron chi connectivity index (χ4n) is 10.2. The van der Waals surface area contributed by atoms with Crippen LogP contribution in [0.4, 0.5) is 0 Å². The van der Waals surface area contributed by atoms with E-state index in [1.165, 1.54) is 51.4 Å². The predicted molar refractivity (Wildman–Crippen MR) is 126 cm³/mol. The van der Waals surface area contributed by atoms with E-state index < -0.39 is 0 Å². The first-order valence-corrected chi connectivity index (χ1v) is 13.9. The van der Waals surface area contributed by atoms with Gasteiger partial charge in [0.1, 0.15) is 0 Å². The second kappa shape index (κ2) is 6.96.